The van der Waals surface area contributed by atoms with Crippen LogP contribution in [0.5, 0.6) is 0 Å². The van der Waals surface area contributed by atoms with E-state index in [1.54, 1.807) is 0 Å². The molecule has 2 N–H and O–H groups in total. The Morgan fingerprint density at radius 2 is 2.11 bits per heavy atom. The number of anilines is 1. The van der Waals surface area contributed by atoms with E-state index in [-0.39, 0.29) is 12.3 Å². The van der Waals surface area contributed by atoms with E-state index in [2.05, 4.69) is 4.98 Å². The van der Waals surface area contributed by atoms with Gasteiger partial charge in [-0.15, -0.1) is 0 Å². The van der Waals surface area contributed by atoms with Crippen molar-refractivity contribution in [2.45, 2.75) is 31.1 Å². The SMILES string of the molecule is CCCCCOS(=O)(=O)c1cncc(N)c1[N+](=O)[O-]. The number of aromatic nitrogens is 1. The maximum Gasteiger partial charge on any atom is 0.316 e. The Balaban J connectivity index is 3.01. The first kappa shape index (κ1) is 15.3. The third kappa shape index (κ3) is 3.86. The fourth-order valence-corrected chi connectivity index (χ4v) is 2.50. The Bertz CT molecular complexity index is 558. The molecular weight excluding hydrogens is 274 g/mol. The molecule has 1 heterocycles. The summed E-state index contributed by atoms with van der Waals surface area (Å²) in [5.74, 6) is 0. The van der Waals surface area contributed by atoms with Crippen LogP contribution in [0.15, 0.2) is 17.3 Å². The molecule has 0 saturated heterocycles. The minimum absolute atomic E-state index is 0.0257. The molecule has 1 rings (SSSR count). The van der Waals surface area contributed by atoms with Crippen molar-refractivity contribution < 1.29 is 17.5 Å². The van der Waals surface area contributed by atoms with Gasteiger partial charge >= 0.3 is 15.8 Å². The fourth-order valence-electron chi connectivity index (χ4n) is 1.41. The van der Waals surface area contributed by atoms with E-state index in [1.807, 2.05) is 6.92 Å². The lowest BCUT2D eigenvalue weighted by Crippen LogP contribution is -2.12. The van der Waals surface area contributed by atoms with Gasteiger partial charge in [-0.2, -0.15) is 8.42 Å². The minimum Gasteiger partial charge on any atom is -0.392 e. The van der Waals surface area contributed by atoms with Crippen LogP contribution in [-0.4, -0.2) is 24.9 Å². The second-order valence-electron chi connectivity index (χ2n) is 3.82. The highest BCUT2D eigenvalue weighted by atomic mass is 32.2. The number of unbranched alkanes of at least 4 members (excludes halogenated alkanes) is 2. The standard InChI is InChI=1S/C10H15N3O5S/c1-2-3-4-5-18-19(16,17)9-7-12-6-8(11)10(9)13(14)15/h6-7H,2-5,11H2,1H3. The van der Waals surface area contributed by atoms with Gasteiger partial charge in [0.05, 0.1) is 23.9 Å². The average molecular weight is 289 g/mol. The van der Waals surface area contributed by atoms with Crippen LogP contribution >= 0.6 is 0 Å². The van der Waals surface area contributed by atoms with Gasteiger partial charge in [0.2, 0.25) is 0 Å². The zero-order valence-electron chi connectivity index (χ0n) is 10.4. The van der Waals surface area contributed by atoms with Gasteiger partial charge < -0.3 is 5.73 Å². The number of rotatable bonds is 7. The van der Waals surface area contributed by atoms with Crippen molar-refractivity contribution in [3.63, 3.8) is 0 Å². The molecule has 0 amide bonds. The number of nitrogens with zero attached hydrogens (tertiary/aromatic N) is 2. The van der Waals surface area contributed by atoms with Crippen molar-refractivity contribution >= 4 is 21.5 Å². The number of nitrogens with two attached hydrogens (primary N) is 1. The first-order valence-corrected chi connectivity index (χ1v) is 7.08. The van der Waals surface area contributed by atoms with Gasteiger partial charge in [-0.1, -0.05) is 19.8 Å². The zero-order valence-corrected chi connectivity index (χ0v) is 11.2. The van der Waals surface area contributed by atoms with Gasteiger partial charge in [-0.3, -0.25) is 19.3 Å². The van der Waals surface area contributed by atoms with Crippen LogP contribution in [0.2, 0.25) is 0 Å². The molecule has 0 bridgehead atoms. The molecule has 0 atom stereocenters. The highest BCUT2D eigenvalue weighted by Crippen LogP contribution is 2.29. The molecule has 1 aromatic rings. The third-order valence-corrected chi connectivity index (χ3v) is 3.66. The Morgan fingerprint density at radius 3 is 2.68 bits per heavy atom. The highest BCUT2D eigenvalue weighted by Gasteiger charge is 2.29. The molecule has 0 aliphatic carbocycles. The van der Waals surface area contributed by atoms with E-state index in [0.29, 0.717) is 6.42 Å². The van der Waals surface area contributed by atoms with E-state index in [1.165, 1.54) is 0 Å². The largest absolute Gasteiger partial charge is 0.392 e. The van der Waals surface area contributed by atoms with Gasteiger partial charge in [0, 0.05) is 0 Å². The molecule has 0 radical (unpaired) electrons. The number of hydrogen-bond donors (Lipinski definition) is 1. The summed E-state index contributed by atoms with van der Waals surface area (Å²) < 4.78 is 28.4. The van der Waals surface area contributed by atoms with Gasteiger partial charge in [0.15, 0.2) is 4.90 Å². The molecule has 1 aromatic heterocycles. The second-order valence-corrected chi connectivity index (χ2v) is 5.40. The summed E-state index contributed by atoms with van der Waals surface area (Å²) in [4.78, 5) is 12.9. The lowest BCUT2D eigenvalue weighted by atomic mass is 10.3. The quantitative estimate of drug-likeness (QED) is 0.348. The molecule has 0 spiro atoms. The predicted molar refractivity (Wildman–Crippen MR) is 68.0 cm³/mol. The van der Waals surface area contributed by atoms with Crippen LogP contribution in [0.3, 0.4) is 0 Å². The van der Waals surface area contributed by atoms with Crippen molar-refractivity contribution in [3.8, 4) is 0 Å². The summed E-state index contributed by atoms with van der Waals surface area (Å²) in [6.45, 7) is 1.93. The topological polar surface area (TPSA) is 125 Å². The van der Waals surface area contributed by atoms with Crippen molar-refractivity contribution in [3.05, 3.63) is 22.5 Å². The van der Waals surface area contributed by atoms with E-state index in [4.69, 9.17) is 9.92 Å². The molecule has 19 heavy (non-hydrogen) atoms. The van der Waals surface area contributed by atoms with E-state index in [9.17, 15) is 18.5 Å². The summed E-state index contributed by atoms with van der Waals surface area (Å²) >= 11 is 0. The van der Waals surface area contributed by atoms with Crippen LogP contribution in [0.1, 0.15) is 26.2 Å². The first-order chi connectivity index (χ1) is 8.90. The smallest absolute Gasteiger partial charge is 0.316 e. The molecule has 9 heteroatoms. The monoisotopic (exact) mass is 289 g/mol. The maximum atomic E-state index is 11.9. The van der Waals surface area contributed by atoms with Crippen molar-refractivity contribution in [2.75, 3.05) is 12.3 Å². The molecule has 0 aliphatic heterocycles. The zero-order chi connectivity index (χ0) is 14.5. The number of hydrogen-bond acceptors (Lipinski definition) is 7. The van der Waals surface area contributed by atoms with Crippen molar-refractivity contribution in [1.82, 2.24) is 4.98 Å². The lowest BCUT2D eigenvalue weighted by Gasteiger charge is -2.06. The van der Waals surface area contributed by atoms with E-state index in [0.717, 1.165) is 25.2 Å². The Hall–Kier alpha value is -1.74. The number of nitro groups is 1. The summed E-state index contributed by atoms with van der Waals surface area (Å²) in [7, 11) is -4.22. The second kappa shape index (κ2) is 6.43. The van der Waals surface area contributed by atoms with E-state index >= 15 is 0 Å². The Labute approximate surface area is 110 Å². The lowest BCUT2D eigenvalue weighted by molar-refractivity contribution is -0.387. The molecule has 106 valence electrons. The summed E-state index contributed by atoms with van der Waals surface area (Å²) in [5, 5.41) is 10.8. The van der Waals surface area contributed by atoms with Gasteiger partial charge in [-0.25, -0.2) is 0 Å². The van der Waals surface area contributed by atoms with Gasteiger partial charge in [0.1, 0.15) is 5.69 Å². The number of nitrogen functional groups attached to an aromatic ring is 1. The molecule has 0 aromatic carbocycles. The normalized spacial score (nSPS) is 11.4. The highest BCUT2D eigenvalue weighted by molar-refractivity contribution is 7.87. The van der Waals surface area contributed by atoms with E-state index < -0.39 is 25.6 Å². The summed E-state index contributed by atoms with van der Waals surface area (Å²) in [5.41, 5.74) is 4.35. The van der Waals surface area contributed by atoms with Crippen LogP contribution in [0, 0.1) is 10.1 Å². The van der Waals surface area contributed by atoms with Crippen LogP contribution in [-0.2, 0) is 14.3 Å². The molecule has 8 nitrogen and oxygen atoms in total. The summed E-state index contributed by atoms with van der Waals surface area (Å²) in [6, 6.07) is 0. The van der Waals surface area contributed by atoms with Crippen LogP contribution < -0.4 is 5.73 Å². The minimum atomic E-state index is -4.22. The molecule has 0 unspecified atom stereocenters. The van der Waals surface area contributed by atoms with Crippen LogP contribution in [0.25, 0.3) is 0 Å². The average Bonchev–Trinajstić information content (AvgIpc) is 2.34. The molecule has 0 fully saturated rings. The predicted octanol–water partition coefficient (Wildman–Crippen LogP) is 1.47. The summed E-state index contributed by atoms with van der Waals surface area (Å²) in [6.07, 6.45) is 4.16. The van der Waals surface area contributed by atoms with Gasteiger partial charge in [-0.05, 0) is 6.42 Å². The maximum absolute atomic E-state index is 11.9. The molecule has 0 saturated carbocycles. The van der Waals surface area contributed by atoms with Gasteiger partial charge in [0.25, 0.3) is 0 Å². The molecular formula is C10H15N3O5S. The number of pyridine rings is 1. The Kier molecular flexibility index (Phi) is 5.19. The third-order valence-electron chi connectivity index (χ3n) is 2.35. The fraction of sp³-hybridized carbons (Fsp3) is 0.500. The van der Waals surface area contributed by atoms with Crippen molar-refractivity contribution in [2.24, 2.45) is 0 Å². The Morgan fingerprint density at radius 1 is 1.42 bits per heavy atom. The van der Waals surface area contributed by atoms with Crippen molar-refractivity contribution in [1.29, 1.82) is 0 Å². The van der Waals surface area contributed by atoms with Crippen LogP contribution in [0.4, 0.5) is 11.4 Å². The molecule has 0 aliphatic rings. The first-order valence-electron chi connectivity index (χ1n) is 5.67.